The van der Waals surface area contributed by atoms with Gasteiger partial charge in [-0.25, -0.2) is 17.2 Å². The van der Waals surface area contributed by atoms with Crippen LogP contribution in [0.3, 0.4) is 0 Å². The highest BCUT2D eigenvalue weighted by atomic mass is 32.2. The van der Waals surface area contributed by atoms with Gasteiger partial charge in [0.2, 0.25) is 0 Å². The molecule has 0 saturated carbocycles. The summed E-state index contributed by atoms with van der Waals surface area (Å²) in [4.78, 5) is 9.56. The van der Waals surface area contributed by atoms with Crippen LogP contribution >= 0.6 is 0 Å². The molecule has 9 heteroatoms. The number of rotatable bonds is 4. The summed E-state index contributed by atoms with van der Waals surface area (Å²) >= 11 is 0. The summed E-state index contributed by atoms with van der Waals surface area (Å²) in [5, 5.41) is 10.7. The number of hydrogen-bond acceptors (Lipinski definition) is 4. The van der Waals surface area contributed by atoms with E-state index in [0.29, 0.717) is 17.7 Å². The van der Waals surface area contributed by atoms with Gasteiger partial charge in [-0.3, -0.25) is 14.8 Å². The number of non-ortho nitro benzene ring substituents is 1. The van der Waals surface area contributed by atoms with Crippen molar-refractivity contribution in [2.24, 2.45) is 0 Å². The Bertz CT molecular complexity index is 853. The number of nitrogens with one attached hydrogen (secondary N) is 1. The monoisotopic (exact) mass is 328 g/mol. The van der Waals surface area contributed by atoms with Crippen molar-refractivity contribution in [3.8, 4) is 0 Å². The standard InChI is InChI=1S/C13H10F2N2O4S/c1-8-2-3-9(17(18)19)6-13(8)16-22(20,21)10-4-5-11(14)12(15)7-10/h2-7,16H,1H3. The van der Waals surface area contributed by atoms with Gasteiger partial charge in [-0.2, -0.15) is 0 Å². The van der Waals surface area contributed by atoms with Crippen LogP contribution in [-0.4, -0.2) is 13.3 Å². The molecule has 0 aliphatic heterocycles. The topological polar surface area (TPSA) is 89.3 Å². The van der Waals surface area contributed by atoms with E-state index in [9.17, 15) is 27.3 Å². The molecule has 0 fully saturated rings. The molecule has 0 saturated heterocycles. The third kappa shape index (κ3) is 3.19. The Kier molecular flexibility index (Phi) is 4.09. The van der Waals surface area contributed by atoms with Crippen LogP contribution < -0.4 is 4.72 Å². The number of aryl methyl sites for hydroxylation is 1. The maximum Gasteiger partial charge on any atom is 0.271 e. The van der Waals surface area contributed by atoms with Crippen LogP contribution in [0.2, 0.25) is 0 Å². The number of benzene rings is 2. The minimum Gasteiger partial charge on any atom is -0.279 e. The molecule has 22 heavy (non-hydrogen) atoms. The first-order valence-corrected chi connectivity index (χ1v) is 7.42. The molecule has 2 aromatic rings. The molecule has 116 valence electrons. The molecule has 0 spiro atoms. The highest BCUT2D eigenvalue weighted by Gasteiger charge is 2.19. The number of halogens is 2. The molecule has 0 bridgehead atoms. The predicted octanol–water partition coefficient (Wildman–Crippen LogP) is 2.98. The Labute approximate surface area is 124 Å². The van der Waals surface area contributed by atoms with Crippen molar-refractivity contribution in [2.45, 2.75) is 11.8 Å². The van der Waals surface area contributed by atoms with Crippen molar-refractivity contribution >= 4 is 21.4 Å². The van der Waals surface area contributed by atoms with Gasteiger partial charge in [-0.05, 0) is 30.7 Å². The third-order valence-electron chi connectivity index (χ3n) is 2.88. The molecule has 0 amide bonds. The van der Waals surface area contributed by atoms with Crippen LogP contribution in [0.15, 0.2) is 41.3 Å². The van der Waals surface area contributed by atoms with Crippen molar-refractivity contribution in [1.82, 2.24) is 0 Å². The van der Waals surface area contributed by atoms with Gasteiger partial charge >= 0.3 is 0 Å². The van der Waals surface area contributed by atoms with E-state index in [-0.39, 0.29) is 11.4 Å². The Hall–Kier alpha value is -2.55. The number of sulfonamides is 1. The number of nitrogens with zero attached hydrogens (tertiary/aromatic N) is 1. The lowest BCUT2D eigenvalue weighted by Gasteiger charge is -2.10. The van der Waals surface area contributed by atoms with Gasteiger partial charge in [0.15, 0.2) is 11.6 Å². The van der Waals surface area contributed by atoms with Crippen LogP contribution in [0.1, 0.15) is 5.56 Å². The zero-order chi connectivity index (χ0) is 16.5. The second kappa shape index (κ2) is 5.68. The van der Waals surface area contributed by atoms with E-state index < -0.39 is 31.5 Å². The SMILES string of the molecule is Cc1ccc([N+](=O)[O-])cc1NS(=O)(=O)c1ccc(F)c(F)c1. The van der Waals surface area contributed by atoms with E-state index in [4.69, 9.17) is 0 Å². The molecule has 0 aliphatic rings. The summed E-state index contributed by atoms with van der Waals surface area (Å²) in [7, 11) is -4.20. The Morgan fingerprint density at radius 2 is 1.77 bits per heavy atom. The van der Waals surface area contributed by atoms with Crippen molar-refractivity contribution in [3.63, 3.8) is 0 Å². The predicted molar refractivity (Wildman–Crippen MR) is 75.0 cm³/mol. The highest BCUT2D eigenvalue weighted by Crippen LogP contribution is 2.25. The largest absolute Gasteiger partial charge is 0.279 e. The van der Waals surface area contributed by atoms with Gasteiger partial charge < -0.3 is 0 Å². The molecule has 2 aromatic carbocycles. The van der Waals surface area contributed by atoms with Crippen LogP contribution in [0.25, 0.3) is 0 Å². The van der Waals surface area contributed by atoms with E-state index in [1.165, 1.54) is 12.1 Å². The average molecular weight is 328 g/mol. The fraction of sp³-hybridized carbons (Fsp3) is 0.0769. The first-order valence-electron chi connectivity index (χ1n) is 5.93. The quantitative estimate of drug-likeness (QED) is 0.690. The minimum atomic E-state index is -4.20. The zero-order valence-corrected chi connectivity index (χ0v) is 12.0. The third-order valence-corrected chi connectivity index (χ3v) is 4.24. The summed E-state index contributed by atoms with van der Waals surface area (Å²) < 4.78 is 52.4. The smallest absolute Gasteiger partial charge is 0.271 e. The van der Waals surface area contributed by atoms with Gasteiger partial charge in [0.1, 0.15) is 0 Å². The van der Waals surface area contributed by atoms with E-state index in [1.807, 2.05) is 0 Å². The van der Waals surface area contributed by atoms with Crippen LogP contribution in [0, 0.1) is 28.7 Å². The lowest BCUT2D eigenvalue weighted by atomic mass is 10.2. The van der Waals surface area contributed by atoms with Gasteiger partial charge in [0, 0.05) is 12.1 Å². The molecule has 0 heterocycles. The van der Waals surface area contributed by atoms with E-state index >= 15 is 0 Å². The maximum atomic E-state index is 13.1. The Morgan fingerprint density at radius 1 is 1.09 bits per heavy atom. The lowest BCUT2D eigenvalue weighted by Crippen LogP contribution is -2.14. The lowest BCUT2D eigenvalue weighted by molar-refractivity contribution is -0.384. The molecule has 0 aromatic heterocycles. The molecule has 0 unspecified atom stereocenters. The van der Waals surface area contributed by atoms with Gasteiger partial charge in [0.05, 0.1) is 15.5 Å². The van der Waals surface area contributed by atoms with Gasteiger partial charge in [0.25, 0.3) is 15.7 Å². The van der Waals surface area contributed by atoms with Crippen molar-refractivity contribution in [1.29, 1.82) is 0 Å². The Balaban J connectivity index is 2.42. The number of nitro groups is 1. The normalized spacial score (nSPS) is 11.2. The van der Waals surface area contributed by atoms with Crippen molar-refractivity contribution in [2.75, 3.05) is 4.72 Å². The van der Waals surface area contributed by atoms with E-state index in [2.05, 4.69) is 4.72 Å². The van der Waals surface area contributed by atoms with E-state index in [1.54, 1.807) is 6.92 Å². The first kappa shape index (κ1) is 15.8. The number of anilines is 1. The minimum absolute atomic E-state index is 0.0149. The summed E-state index contributed by atoms with van der Waals surface area (Å²) in [6, 6.07) is 5.76. The molecule has 1 N–H and O–H groups in total. The second-order valence-electron chi connectivity index (χ2n) is 4.44. The molecular weight excluding hydrogens is 318 g/mol. The van der Waals surface area contributed by atoms with Gasteiger partial charge in [-0.1, -0.05) is 6.07 Å². The van der Waals surface area contributed by atoms with Crippen molar-refractivity contribution in [3.05, 3.63) is 63.7 Å². The average Bonchev–Trinajstić information content (AvgIpc) is 2.43. The first-order chi connectivity index (χ1) is 10.2. The van der Waals surface area contributed by atoms with E-state index in [0.717, 1.165) is 12.1 Å². The van der Waals surface area contributed by atoms with Gasteiger partial charge in [-0.15, -0.1) is 0 Å². The van der Waals surface area contributed by atoms with Crippen LogP contribution in [-0.2, 0) is 10.0 Å². The summed E-state index contributed by atoms with van der Waals surface area (Å²) in [6.07, 6.45) is 0. The summed E-state index contributed by atoms with van der Waals surface area (Å²) in [5.74, 6) is -2.48. The molecule has 6 nitrogen and oxygen atoms in total. The maximum absolute atomic E-state index is 13.1. The highest BCUT2D eigenvalue weighted by molar-refractivity contribution is 7.92. The van der Waals surface area contributed by atoms with Crippen LogP contribution in [0.5, 0.6) is 0 Å². The second-order valence-corrected chi connectivity index (χ2v) is 6.12. The van der Waals surface area contributed by atoms with Crippen molar-refractivity contribution < 1.29 is 22.1 Å². The fourth-order valence-corrected chi connectivity index (χ4v) is 2.81. The summed E-state index contributed by atoms with van der Waals surface area (Å²) in [5.41, 5.74) is 0.129. The molecule has 2 rings (SSSR count). The molecule has 0 radical (unpaired) electrons. The zero-order valence-electron chi connectivity index (χ0n) is 11.2. The Morgan fingerprint density at radius 3 is 2.36 bits per heavy atom. The fourth-order valence-electron chi connectivity index (χ4n) is 1.68. The van der Waals surface area contributed by atoms with Crippen LogP contribution in [0.4, 0.5) is 20.2 Å². The summed E-state index contributed by atoms with van der Waals surface area (Å²) in [6.45, 7) is 1.55. The molecule has 0 aliphatic carbocycles. The number of nitro benzene ring substituents is 1. The molecular formula is C13H10F2N2O4S. The number of hydrogen-bond donors (Lipinski definition) is 1. The molecule has 0 atom stereocenters.